The van der Waals surface area contributed by atoms with Crippen molar-refractivity contribution in [3.8, 4) is 0 Å². The normalized spacial score (nSPS) is 10.2. The fourth-order valence-corrected chi connectivity index (χ4v) is 1.78. The average Bonchev–Trinajstić information content (AvgIpc) is 2.37. The highest BCUT2D eigenvalue weighted by atomic mass is 19.1. The first kappa shape index (κ1) is 15.9. The molecule has 1 rings (SSSR count). The van der Waals surface area contributed by atoms with Gasteiger partial charge in [0.1, 0.15) is 12.4 Å². The molecular weight excluding hydrogens is 267 g/mol. The zero-order valence-electron chi connectivity index (χ0n) is 11.5. The van der Waals surface area contributed by atoms with Crippen molar-refractivity contribution in [1.29, 1.82) is 0 Å². The number of rotatable bonds is 7. The van der Waals surface area contributed by atoms with Crippen LogP contribution in [-0.4, -0.2) is 30.6 Å². The van der Waals surface area contributed by atoms with E-state index in [4.69, 9.17) is 4.74 Å². The van der Waals surface area contributed by atoms with Gasteiger partial charge in [0.25, 0.3) is 5.69 Å². The van der Waals surface area contributed by atoms with Crippen LogP contribution in [0, 0.1) is 15.9 Å². The van der Waals surface area contributed by atoms with Gasteiger partial charge in [-0.3, -0.25) is 14.9 Å². The van der Waals surface area contributed by atoms with Crippen LogP contribution >= 0.6 is 0 Å². The second-order valence-corrected chi connectivity index (χ2v) is 4.15. The molecule has 0 aliphatic heterocycles. The molecule has 0 radical (unpaired) electrons. The Bertz CT molecular complexity index is 493. The number of nitro benzene ring substituents is 1. The van der Waals surface area contributed by atoms with Crippen LogP contribution in [0.3, 0.4) is 0 Å². The Hall–Kier alpha value is -2.18. The Morgan fingerprint density at radius 1 is 1.40 bits per heavy atom. The highest BCUT2D eigenvalue weighted by molar-refractivity contribution is 5.76. The lowest BCUT2D eigenvalue weighted by Crippen LogP contribution is -2.31. The molecule has 110 valence electrons. The number of esters is 1. The van der Waals surface area contributed by atoms with E-state index in [2.05, 4.69) is 0 Å². The summed E-state index contributed by atoms with van der Waals surface area (Å²) < 4.78 is 18.3. The van der Waals surface area contributed by atoms with E-state index in [1.54, 1.807) is 11.8 Å². The number of ether oxygens (including phenoxy) is 1. The molecule has 6 nitrogen and oxygen atoms in total. The van der Waals surface area contributed by atoms with Crippen LogP contribution in [0.25, 0.3) is 0 Å². The molecule has 0 heterocycles. The smallest absolute Gasteiger partial charge is 0.325 e. The first-order valence-electron chi connectivity index (χ1n) is 6.33. The van der Waals surface area contributed by atoms with Gasteiger partial charge in [-0.15, -0.1) is 0 Å². The van der Waals surface area contributed by atoms with E-state index < -0.39 is 16.7 Å². The molecule has 1 aromatic carbocycles. The third-order valence-corrected chi connectivity index (χ3v) is 2.56. The van der Waals surface area contributed by atoms with Crippen LogP contribution in [0.15, 0.2) is 18.2 Å². The molecule has 0 amide bonds. The topological polar surface area (TPSA) is 72.7 Å². The Labute approximate surface area is 116 Å². The SMILES string of the molecule is CCCN(CC(=O)OCC)c1cc(F)cc([N+](=O)[O-])c1. The average molecular weight is 284 g/mol. The summed E-state index contributed by atoms with van der Waals surface area (Å²) in [6.45, 7) is 4.24. The van der Waals surface area contributed by atoms with Crippen molar-refractivity contribution in [2.24, 2.45) is 0 Å². The summed E-state index contributed by atoms with van der Waals surface area (Å²) in [5.41, 5.74) is -0.0448. The van der Waals surface area contributed by atoms with Crippen molar-refractivity contribution in [3.05, 3.63) is 34.1 Å². The van der Waals surface area contributed by atoms with Crippen molar-refractivity contribution in [1.82, 2.24) is 0 Å². The number of halogens is 1. The van der Waals surface area contributed by atoms with Gasteiger partial charge < -0.3 is 9.64 Å². The molecule has 1 aromatic rings. The third-order valence-electron chi connectivity index (χ3n) is 2.56. The van der Waals surface area contributed by atoms with Crippen molar-refractivity contribution >= 4 is 17.3 Å². The molecular formula is C13H17FN2O4. The molecule has 0 saturated carbocycles. The van der Waals surface area contributed by atoms with Crippen molar-refractivity contribution < 1.29 is 18.8 Å². The van der Waals surface area contributed by atoms with Gasteiger partial charge in [0.15, 0.2) is 0 Å². The lowest BCUT2D eigenvalue weighted by molar-refractivity contribution is -0.385. The summed E-state index contributed by atoms with van der Waals surface area (Å²) in [5, 5.41) is 10.7. The fourth-order valence-electron chi connectivity index (χ4n) is 1.78. The van der Waals surface area contributed by atoms with Gasteiger partial charge in [0.05, 0.1) is 17.6 Å². The van der Waals surface area contributed by atoms with Gasteiger partial charge in [-0.1, -0.05) is 6.92 Å². The van der Waals surface area contributed by atoms with Crippen LogP contribution in [-0.2, 0) is 9.53 Å². The first-order valence-corrected chi connectivity index (χ1v) is 6.33. The molecule has 0 fully saturated rings. The van der Waals surface area contributed by atoms with E-state index in [0.29, 0.717) is 18.7 Å². The summed E-state index contributed by atoms with van der Waals surface area (Å²) >= 11 is 0. The molecule has 0 saturated heterocycles. The minimum Gasteiger partial charge on any atom is -0.465 e. The van der Waals surface area contributed by atoms with E-state index in [-0.39, 0.29) is 18.8 Å². The number of non-ortho nitro benzene ring substituents is 1. The summed E-state index contributed by atoms with van der Waals surface area (Å²) in [4.78, 5) is 23.2. The summed E-state index contributed by atoms with van der Waals surface area (Å²) in [6.07, 6.45) is 0.712. The number of hydrogen-bond donors (Lipinski definition) is 0. The van der Waals surface area contributed by atoms with Gasteiger partial charge >= 0.3 is 5.97 Å². The molecule has 0 atom stereocenters. The standard InChI is InChI=1S/C13H17FN2O4/c1-3-5-15(9-13(17)20-4-2)11-6-10(14)7-12(8-11)16(18)19/h6-8H,3-5,9H2,1-2H3. The number of anilines is 1. The maximum Gasteiger partial charge on any atom is 0.325 e. The molecule has 0 aliphatic carbocycles. The van der Waals surface area contributed by atoms with Crippen molar-refractivity contribution in [3.63, 3.8) is 0 Å². The van der Waals surface area contributed by atoms with Crippen LogP contribution < -0.4 is 4.90 Å². The second kappa shape index (κ2) is 7.42. The summed E-state index contributed by atoms with van der Waals surface area (Å²) in [6, 6.07) is 3.26. The minimum absolute atomic E-state index is 0.0672. The molecule has 0 aromatic heterocycles. The Kier molecular flexibility index (Phi) is 5.89. The molecule has 0 bridgehead atoms. The second-order valence-electron chi connectivity index (χ2n) is 4.15. The van der Waals surface area contributed by atoms with Crippen molar-refractivity contribution in [2.75, 3.05) is 24.6 Å². The molecule has 7 heteroatoms. The van der Waals surface area contributed by atoms with Crippen LogP contribution in [0.4, 0.5) is 15.8 Å². The third kappa shape index (κ3) is 4.49. The molecule has 20 heavy (non-hydrogen) atoms. The monoisotopic (exact) mass is 284 g/mol. The quantitative estimate of drug-likeness (QED) is 0.437. The minimum atomic E-state index is -0.709. The fraction of sp³-hybridized carbons (Fsp3) is 0.462. The van der Waals surface area contributed by atoms with Crippen LogP contribution in [0.5, 0.6) is 0 Å². The Balaban J connectivity index is 3.01. The largest absolute Gasteiger partial charge is 0.465 e. The van der Waals surface area contributed by atoms with Crippen molar-refractivity contribution in [2.45, 2.75) is 20.3 Å². The molecule has 0 N–H and O–H groups in total. The van der Waals surface area contributed by atoms with Gasteiger partial charge in [0, 0.05) is 18.3 Å². The lowest BCUT2D eigenvalue weighted by atomic mass is 10.2. The molecule has 0 spiro atoms. The van der Waals surface area contributed by atoms with E-state index in [0.717, 1.165) is 6.07 Å². The first-order chi connectivity index (χ1) is 9.47. The predicted octanol–water partition coefficient (Wildman–Crippen LogP) is 2.51. The zero-order chi connectivity index (χ0) is 15.1. The van der Waals surface area contributed by atoms with E-state index in [9.17, 15) is 19.3 Å². The highest BCUT2D eigenvalue weighted by Crippen LogP contribution is 2.23. The van der Waals surface area contributed by atoms with E-state index in [1.807, 2.05) is 6.92 Å². The molecule has 0 aliphatic rings. The maximum atomic E-state index is 13.4. The zero-order valence-corrected chi connectivity index (χ0v) is 11.5. The highest BCUT2D eigenvalue weighted by Gasteiger charge is 2.16. The van der Waals surface area contributed by atoms with Gasteiger partial charge in [-0.05, 0) is 19.4 Å². The number of hydrogen-bond acceptors (Lipinski definition) is 5. The predicted molar refractivity (Wildman–Crippen MR) is 72.2 cm³/mol. The van der Waals surface area contributed by atoms with E-state index in [1.165, 1.54) is 12.1 Å². The van der Waals surface area contributed by atoms with Gasteiger partial charge in [-0.2, -0.15) is 0 Å². The van der Waals surface area contributed by atoms with Gasteiger partial charge in [-0.25, -0.2) is 4.39 Å². The van der Waals surface area contributed by atoms with Gasteiger partial charge in [0.2, 0.25) is 0 Å². The Morgan fingerprint density at radius 2 is 2.10 bits per heavy atom. The van der Waals surface area contributed by atoms with Crippen LogP contribution in [0.2, 0.25) is 0 Å². The summed E-state index contributed by atoms with van der Waals surface area (Å²) in [5.74, 6) is -1.16. The number of carbonyl (C=O) groups is 1. The number of carbonyl (C=O) groups excluding carboxylic acids is 1. The van der Waals surface area contributed by atoms with Crippen LogP contribution in [0.1, 0.15) is 20.3 Å². The maximum absolute atomic E-state index is 13.4. The summed E-state index contributed by atoms with van der Waals surface area (Å²) in [7, 11) is 0. The number of nitrogens with zero attached hydrogens (tertiary/aromatic N) is 2. The Morgan fingerprint density at radius 3 is 2.65 bits per heavy atom. The number of benzene rings is 1. The lowest BCUT2D eigenvalue weighted by Gasteiger charge is -2.23. The van der Waals surface area contributed by atoms with E-state index >= 15 is 0 Å². The molecule has 0 unspecified atom stereocenters. The number of nitro groups is 1.